The zero-order valence-electron chi connectivity index (χ0n) is 15.4. The minimum absolute atomic E-state index is 0.0111. The third-order valence-electron chi connectivity index (χ3n) is 4.11. The van der Waals surface area contributed by atoms with E-state index in [9.17, 15) is 23.1 Å². The Morgan fingerprint density at radius 2 is 2.07 bits per heavy atom. The number of halogens is 4. The Morgan fingerprint density at radius 1 is 1.30 bits per heavy atom. The SMILES string of the molecule is COc1cc(/C=N/N=C2/NC(=O)[C@H](Cc3cc(C(F)(F)F)ccc3Cl)S2)ccc1O. The van der Waals surface area contributed by atoms with Crippen LogP contribution in [-0.2, 0) is 17.4 Å². The molecule has 1 heterocycles. The Balaban J connectivity index is 1.69. The third-order valence-corrected chi connectivity index (χ3v) is 5.55. The number of amidine groups is 1. The number of aromatic hydroxyl groups is 1. The molecule has 1 aliphatic heterocycles. The van der Waals surface area contributed by atoms with Crippen molar-refractivity contribution in [2.75, 3.05) is 7.11 Å². The van der Waals surface area contributed by atoms with Gasteiger partial charge in [0, 0.05) is 5.02 Å². The van der Waals surface area contributed by atoms with Gasteiger partial charge in [-0.3, -0.25) is 4.79 Å². The maximum Gasteiger partial charge on any atom is 0.416 e. The second-order valence-corrected chi connectivity index (χ2v) is 7.78. The standard InChI is InChI=1S/C19H15ClF3N3O3S/c1-29-15-6-10(2-5-14(15)27)9-24-26-18-25-17(28)16(30-18)8-11-7-12(19(21,22)23)3-4-13(11)20/h2-7,9,16,27H,8H2,1H3,(H,25,26,28)/b24-9+/t16-/m0/s1. The quantitative estimate of drug-likeness (QED) is 0.519. The van der Waals surface area contributed by atoms with Gasteiger partial charge in [0.25, 0.3) is 0 Å². The second-order valence-electron chi connectivity index (χ2n) is 6.18. The summed E-state index contributed by atoms with van der Waals surface area (Å²) in [6.07, 6.45) is -3.08. The van der Waals surface area contributed by atoms with Crippen LogP contribution in [0.3, 0.4) is 0 Å². The van der Waals surface area contributed by atoms with E-state index < -0.39 is 22.9 Å². The summed E-state index contributed by atoms with van der Waals surface area (Å²) >= 11 is 7.06. The van der Waals surface area contributed by atoms with E-state index in [1.165, 1.54) is 25.5 Å². The van der Waals surface area contributed by atoms with E-state index in [1.807, 2.05) is 0 Å². The molecule has 2 N–H and O–H groups in total. The number of phenolic OH excluding ortho intramolecular Hbond substituents is 1. The smallest absolute Gasteiger partial charge is 0.416 e. The number of carbonyl (C=O) groups excluding carboxylic acids is 1. The Labute approximate surface area is 178 Å². The molecule has 0 aromatic heterocycles. The molecule has 1 atom stereocenters. The fourth-order valence-electron chi connectivity index (χ4n) is 2.62. The summed E-state index contributed by atoms with van der Waals surface area (Å²) in [6.45, 7) is 0. The first-order chi connectivity index (χ1) is 14.2. The maximum absolute atomic E-state index is 12.9. The number of nitrogens with zero attached hydrogens (tertiary/aromatic N) is 2. The molecule has 0 bridgehead atoms. The van der Waals surface area contributed by atoms with E-state index in [0.29, 0.717) is 5.56 Å². The van der Waals surface area contributed by atoms with Crippen LogP contribution in [0.2, 0.25) is 5.02 Å². The molecule has 158 valence electrons. The lowest BCUT2D eigenvalue weighted by atomic mass is 10.1. The monoisotopic (exact) mass is 457 g/mol. The van der Waals surface area contributed by atoms with Crippen molar-refractivity contribution in [1.29, 1.82) is 0 Å². The van der Waals surface area contributed by atoms with Crippen molar-refractivity contribution in [3.05, 3.63) is 58.1 Å². The molecule has 11 heteroatoms. The van der Waals surface area contributed by atoms with Crippen molar-refractivity contribution in [2.24, 2.45) is 10.2 Å². The van der Waals surface area contributed by atoms with Gasteiger partial charge >= 0.3 is 6.18 Å². The number of carbonyl (C=O) groups is 1. The molecule has 1 aliphatic rings. The molecule has 1 fully saturated rings. The van der Waals surface area contributed by atoms with Crippen LogP contribution in [0.4, 0.5) is 13.2 Å². The van der Waals surface area contributed by atoms with E-state index in [2.05, 4.69) is 15.5 Å². The predicted molar refractivity (Wildman–Crippen MR) is 109 cm³/mol. The molecule has 1 amide bonds. The molecule has 0 spiro atoms. The number of nitrogens with one attached hydrogen (secondary N) is 1. The zero-order chi connectivity index (χ0) is 21.9. The van der Waals surface area contributed by atoms with Crippen molar-refractivity contribution in [1.82, 2.24) is 5.32 Å². The Morgan fingerprint density at radius 3 is 2.77 bits per heavy atom. The van der Waals surface area contributed by atoms with Crippen LogP contribution in [0.25, 0.3) is 0 Å². The van der Waals surface area contributed by atoms with Crippen LogP contribution in [0.15, 0.2) is 46.6 Å². The summed E-state index contributed by atoms with van der Waals surface area (Å²) in [7, 11) is 1.41. The van der Waals surface area contributed by atoms with Crippen molar-refractivity contribution < 1.29 is 27.8 Å². The number of alkyl halides is 3. The summed E-state index contributed by atoms with van der Waals surface area (Å²) in [5.74, 6) is -0.141. The minimum Gasteiger partial charge on any atom is -0.504 e. The van der Waals surface area contributed by atoms with Gasteiger partial charge in [0.05, 0.1) is 24.1 Å². The molecule has 0 saturated carbocycles. The van der Waals surface area contributed by atoms with Gasteiger partial charge in [0.1, 0.15) is 0 Å². The van der Waals surface area contributed by atoms with Crippen molar-refractivity contribution in [3.63, 3.8) is 0 Å². The average molecular weight is 458 g/mol. The normalized spacial score (nSPS) is 18.2. The Kier molecular flexibility index (Phi) is 6.57. The summed E-state index contributed by atoms with van der Waals surface area (Å²) < 4.78 is 43.7. The highest BCUT2D eigenvalue weighted by atomic mass is 35.5. The zero-order valence-corrected chi connectivity index (χ0v) is 17.0. The third kappa shape index (κ3) is 5.25. The molecule has 0 unspecified atom stereocenters. The lowest BCUT2D eigenvalue weighted by Gasteiger charge is -2.12. The van der Waals surface area contributed by atoms with Crippen LogP contribution >= 0.6 is 23.4 Å². The van der Waals surface area contributed by atoms with Crippen molar-refractivity contribution in [2.45, 2.75) is 17.8 Å². The highest BCUT2D eigenvalue weighted by Gasteiger charge is 2.34. The van der Waals surface area contributed by atoms with E-state index in [-0.39, 0.29) is 33.7 Å². The van der Waals surface area contributed by atoms with Crippen LogP contribution < -0.4 is 10.1 Å². The van der Waals surface area contributed by atoms with E-state index >= 15 is 0 Å². The summed E-state index contributed by atoms with van der Waals surface area (Å²) in [6, 6.07) is 7.60. The lowest BCUT2D eigenvalue weighted by molar-refractivity contribution is -0.137. The molecule has 3 rings (SSSR count). The van der Waals surface area contributed by atoms with Crippen molar-refractivity contribution in [3.8, 4) is 11.5 Å². The van der Waals surface area contributed by atoms with E-state index in [1.54, 1.807) is 12.1 Å². The topological polar surface area (TPSA) is 83.3 Å². The fourth-order valence-corrected chi connectivity index (χ4v) is 3.76. The number of ether oxygens (including phenoxy) is 1. The maximum atomic E-state index is 12.9. The van der Waals surface area contributed by atoms with Gasteiger partial charge < -0.3 is 15.2 Å². The van der Waals surface area contributed by atoms with E-state index in [0.717, 1.165) is 23.9 Å². The summed E-state index contributed by atoms with van der Waals surface area (Å²) in [4.78, 5) is 12.2. The van der Waals surface area contributed by atoms with Gasteiger partial charge in [0.15, 0.2) is 16.7 Å². The Bertz CT molecular complexity index is 1030. The minimum atomic E-state index is -4.50. The Hall–Kier alpha value is -2.72. The van der Waals surface area contributed by atoms with Crippen molar-refractivity contribution >= 4 is 40.7 Å². The molecule has 6 nitrogen and oxygen atoms in total. The van der Waals surface area contributed by atoms with Gasteiger partial charge in [-0.2, -0.15) is 18.3 Å². The highest BCUT2D eigenvalue weighted by Crippen LogP contribution is 2.34. The number of hydrogen-bond acceptors (Lipinski definition) is 6. The first kappa shape index (κ1) is 22.0. The largest absolute Gasteiger partial charge is 0.504 e. The van der Waals surface area contributed by atoms with Crippen LogP contribution in [0.1, 0.15) is 16.7 Å². The van der Waals surface area contributed by atoms with Crippen LogP contribution in [-0.4, -0.2) is 34.8 Å². The number of amides is 1. The molecule has 1 saturated heterocycles. The van der Waals surface area contributed by atoms with Crippen LogP contribution in [0, 0.1) is 0 Å². The average Bonchev–Trinajstić information content (AvgIpc) is 3.03. The molecule has 30 heavy (non-hydrogen) atoms. The first-order valence-corrected chi connectivity index (χ1v) is 9.74. The van der Waals surface area contributed by atoms with E-state index in [4.69, 9.17) is 16.3 Å². The number of phenols is 1. The number of hydrogen-bond donors (Lipinski definition) is 2. The number of rotatable bonds is 5. The van der Waals surface area contributed by atoms with Crippen LogP contribution in [0.5, 0.6) is 11.5 Å². The second kappa shape index (κ2) is 8.97. The molecular weight excluding hydrogens is 443 g/mol. The predicted octanol–water partition coefficient (Wildman–Crippen LogP) is 4.24. The lowest BCUT2D eigenvalue weighted by Crippen LogP contribution is -2.26. The molecule has 2 aromatic carbocycles. The summed E-state index contributed by atoms with van der Waals surface area (Å²) in [5, 5.41) is 19.6. The van der Waals surface area contributed by atoms with Gasteiger partial charge in [-0.25, -0.2) is 0 Å². The number of thioether (sulfide) groups is 1. The van der Waals surface area contributed by atoms with Gasteiger partial charge in [0.2, 0.25) is 5.91 Å². The highest BCUT2D eigenvalue weighted by molar-refractivity contribution is 8.15. The number of benzene rings is 2. The molecule has 0 radical (unpaired) electrons. The van der Waals surface area contributed by atoms with Gasteiger partial charge in [-0.05, 0) is 53.9 Å². The number of methoxy groups -OCH3 is 1. The van der Waals surface area contributed by atoms with Gasteiger partial charge in [-0.1, -0.05) is 23.4 Å². The van der Waals surface area contributed by atoms with Gasteiger partial charge in [-0.15, -0.1) is 5.10 Å². The molecular formula is C19H15ClF3N3O3S. The fraction of sp³-hybridized carbons (Fsp3) is 0.211. The first-order valence-electron chi connectivity index (χ1n) is 8.48. The molecule has 0 aliphatic carbocycles. The molecule has 2 aromatic rings. The summed E-state index contributed by atoms with van der Waals surface area (Å²) in [5.41, 5.74) is 0.00354.